The maximum atomic E-state index is 13.5. The van der Waals surface area contributed by atoms with Gasteiger partial charge in [0, 0.05) is 43.4 Å². The number of aliphatic carboxylic acids is 1. The van der Waals surface area contributed by atoms with Crippen molar-refractivity contribution in [2.75, 3.05) is 31.1 Å². The summed E-state index contributed by atoms with van der Waals surface area (Å²) in [5.41, 5.74) is 1.72. The molecule has 5 nitrogen and oxygen atoms in total. The van der Waals surface area contributed by atoms with Crippen LogP contribution in [-0.4, -0.2) is 53.2 Å². The van der Waals surface area contributed by atoms with Gasteiger partial charge < -0.3 is 10.0 Å². The molecule has 1 atom stereocenters. The predicted molar refractivity (Wildman–Crippen MR) is 82.6 cm³/mol. The minimum absolute atomic E-state index is 0.278. The molecule has 1 aliphatic heterocycles. The summed E-state index contributed by atoms with van der Waals surface area (Å²) >= 11 is 0. The third-order valence-corrected chi connectivity index (χ3v) is 4.24. The highest BCUT2D eigenvalue weighted by atomic mass is 19.1. The third kappa shape index (κ3) is 2.74. The van der Waals surface area contributed by atoms with E-state index in [1.807, 2.05) is 11.0 Å². The van der Waals surface area contributed by atoms with E-state index < -0.39 is 12.0 Å². The quantitative estimate of drug-likeness (QED) is 0.939. The second kappa shape index (κ2) is 5.88. The maximum Gasteiger partial charge on any atom is 0.320 e. The van der Waals surface area contributed by atoms with Crippen molar-refractivity contribution in [3.63, 3.8) is 0 Å². The normalized spacial score (nSPS) is 17.6. The summed E-state index contributed by atoms with van der Waals surface area (Å²) < 4.78 is 13.5. The number of benzene rings is 1. The summed E-state index contributed by atoms with van der Waals surface area (Å²) in [5.74, 6) is -1.08. The fourth-order valence-electron chi connectivity index (χ4n) is 2.89. The Bertz CT molecular complexity index is 699. The van der Waals surface area contributed by atoms with Gasteiger partial charge in [-0.3, -0.25) is 14.7 Å². The molecule has 22 heavy (non-hydrogen) atoms. The van der Waals surface area contributed by atoms with Gasteiger partial charge in [-0.15, -0.1) is 0 Å². The molecule has 0 bridgehead atoms. The number of carboxylic acids is 1. The lowest BCUT2D eigenvalue weighted by molar-refractivity contribution is -0.142. The zero-order valence-corrected chi connectivity index (χ0v) is 12.4. The molecule has 1 aromatic heterocycles. The topological polar surface area (TPSA) is 56.7 Å². The Kier molecular flexibility index (Phi) is 3.94. The van der Waals surface area contributed by atoms with E-state index in [4.69, 9.17) is 5.11 Å². The molecule has 0 radical (unpaired) electrons. The third-order valence-electron chi connectivity index (χ3n) is 4.24. The number of anilines is 1. The Balaban J connectivity index is 1.82. The van der Waals surface area contributed by atoms with Crippen molar-refractivity contribution in [1.82, 2.24) is 9.88 Å². The Morgan fingerprint density at radius 2 is 2.00 bits per heavy atom. The SMILES string of the molecule is CC(C(=O)O)N1CCN(c2ccnc3ccc(F)cc23)CC1. The number of hydrogen-bond acceptors (Lipinski definition) is 4. The van der Waals surface area contributed by atoms with Gasteiger partial charge in [-0.25, -0.2) is 4.39 Å². The van der Waals surface area contributed by atoms with E-state index in [0.717, 1.165) is 16.6 Å². The van der Waals surface area contributed by atoms with E-state index in [1.54, 1.807) is 19.2 Å². The monoisotopic (exact) mass is 303 g/mol. The first-order valence-electron chi connectivity index (χ1n) is 7.32. The standard InChI is InChI=1S/C16H18FN3O2/c1-11(16(21)22)19-6-8-20(9-7-19)15-4-5-18-14-3-2-12(17)10-13(14)15/h2-5,10-11H,6-9H2,1H3,(H,21,22). The number of carbonyl (C=O) groups is 1. The zero-order valence-electron chi connectivity index (χ0n) is 12.4. The smallest absolute Gasteiger partial charge is 0.320 e. The summed E-state index contributed by atoms with van der Waals surface area (Å²) in [7, 11) is 0. The van der Waals surface area contributed by atoms with E-state index in [9.17, 15) is 9.18 Å². The van der Waals surface area contributed by atoms with Crippen molar-refractivity contribution < 1.29 is 14.3 Å². The van der Waals surface area contributed by atoms with Crippen LogP contribution in [-0.2, 0) is 4.79 Å². The van der Waals surface area contributed by atoms with Crippen LogP contribution in [0.3, 0.4) is 0 Å². The number of nitrogens with zero attached hydrogens (tertiary/aromatic N) is 3. The van der Waals surface area contributed by atoms with Crippen LogP contribution in [0.1, 0.15) is 6.92 Å². The van der Waals surface area contributed by atoms with Crippen LogP contribution in [0.2, 0.25) is 0 Å². The average Bonchev–Trinajstić information content (AvgIpc) is 2.53. The van der Waals surface area contributed by atoms with Crippen molar-refractivity contribution >= 4 is 22.6 Å². The number of rotatable bonds is 3. The molecule has 1 N–H and O–H groups in total. The van der Waals surface area contributed by atoms with Gasteiger partial charge in [-0.1, -0.05) is 0 Å². The fraction of sp³-hybridized carbons (Fsp3) is 0.375. The lowest BCUT2D eigenvalue weighted by atomic mass is 10.1. The van der Waals surface area contributed by atoms with Gasteiger partial charge in [-0.2, -0.15) is 0 Å². The van der Waals surface area contributed by atoms with Crippen LogP contribution < -0.4 is 4.90 Å². The molecule has 0 aliphatic carbocycles. The minimum Gasteiger partial charge on any atom is -0.480 e. The summed E-state index contributed by atoms with van der Waals surface area (Å²) in [5, 5.41) is 9.88. The number of aromatic nitrogens is 1. The van der Waals surface area contributed by atoms with Crippen LogP contribution >= 0.6 is 0 Å². The summed E-state index contributed by atoms with van der Waals surface area (Å²) in [6, 6.07) is 6.00. The first-order valence-corrected chi connectivity index (χ1v) is 7.32. The largest absolute Gasteiger partial charge is 0.480 e. The molecule has 2 aromatic rings. The highest BCUT2D eigenvalue weighted by Crippen LogP contribution is 2.27. The Morgan fingerprint density at radius 1 is 1.27 bits per heavy atom. The molecule has 1 saturated heterocycles. The highest BCUT2D eigenvalue weighted by Gasteiger charge is 2.25. The molecule has 116 valence electrons. The fourth-order valence-corrected chi connectivity index (χ4v) is 2.89. The van der Waals surface area contributed by atoms with Crippen LogP contribution in [0.25, 0.3) is 10.9 Å². The number of piperazine rings is 1. The van der Waals surface area contributed by atoms with E-state index in [0.29, 0.717) is 26.2 Å². The number of carboxylic acid groups (broad SMARTS) is 1. The van der Waals surface area contributed by atoms with Gasteiger partial charge >= 0.3 is 5.97 Å². The second-order valence-electron chi connectivity index (χ2n) is 5.53. The first-order chi connectivity index (χ1) is 10.6. The van der Waals surface area contributed by atoms with Gasteiger partial charge in [0.15, 0.2) is 0 Å². The van der Waals surface area contributed by atoms with Crippen molar-refractivity contribution in [2.24, 2.45) is 0 Å². The Labute approximate surface area is 128 Å². The van der Waals surface area contributed by atoms with Gasteiger partial charge in [0.1, 0.15) is 11.9 Å². The van der Waals surface area contributed by atoms with Gasteiger partial charge in [-0.05, 0) is 31.2 Å². The van der Waals surface area contributed by atoms with Crippen molar-refractivity contribution in [2.45, 2.75) is 13.0 Å². The van der Waals surface area contributed by atoms with Crippen LogP contribution in [0.4, 0.5) is 10.1 Å². The molecule has 2 heterocycles. The number of pyridine rings is 1. The lowest BCUT2D eigenvalue weighted by Crippen LogP contribution is -2.51. The Morgan fingerprint density at radius 3 is 2.68 bits per heavy atom. The first kappa shape index (κ1) is 14.7. The van der Waals surface area contributed by atoms with Crippen LogP contribution in [0.15, 0.2) is 30.5 Å². The predicted octanol–water partition coefficient (Wildman–Crippen LogP) is 1.97. The molecule has 0 spiro atoms. The van der Waals surface area contributed by atoms with Crippen molar-refractivity contribution in [3.8, 4) is 0 Å². The van der Waals surface area contributed by atoms with E-state index >= 15 is 0 Å². The van der Waals surface area contributed by atoms with Gasteiger partial charge in [0.25, 0.3) is 0 Å². The van der Waals surface area contributed by atoms with Crippen molar-refractivity contribution in [3.05, 3.63) is 36.3 Å². The summed E-state index contributed by atoms with van der Waals surface area (Å²) in [6.45, 7) is 4.48. The molecular weight excluding hydrogens is 285 g/mol. The molecule has 0 amide bonds. The summed E-state index contributed by atoms with van der Waals surface area (Å²) in [4.78, 5) is 19.4. The molecule has 3 rings (SSSR count). The number of halogens is 1. The van der Waals surface area contributed by atoms with Crippen LogP contribution in [0, 0.1) is 5.82 Å². The molecule has 6 heteroatoms. The second-order valence-corrected chi connectivity index (χ2v) is 5.53. The number of hydrogen-bond donors (Lipinski definition) is 1. The van der Waals surface area contributed by atoms with Gasteiger partial charge in [0.05, 0.1) is 5.52 Å². The molecular formula is C16H18FN3O2. The summed E-state index contributed by atoms with van der Waals surface area (Å²) in [6.07, 6.45) is 1.72. The average molecular weight is 303 g/mol. The van der Waals surface area contributed by atoms with Gasteiger partial charge in [0.2, 0.25) is 0 Å². The lowest BCUT2D eigenvalue weighted by Gasteiger charge is -2.38. The molecule has 1 aromatic carbocycles. The van der Waals surface area contributed by atoms with Crippen LogP contribution in [0.5, 0.6) is 0 Å². The number of fused-ring (bicyclic) bond motifs is 1. The molecule has 0 saturated carbocycles. The van der Waals surface area contributed by atoms with E-state index in [2.05, 4.69) is 9.88 Å². The maximum absolute atomic E-state index is 13.5. The Hall–Kier alpha value is -2.21. The highest BCUT2D eigenvalue weighted by molar-refractivity contribution is 5.91. The van der Waals surface area contributed by atoms with Crippen molar-refractivity contribution in [1.29, 1.82) is 0 Å². The molecule has 1 fully saturated rings. The molecule has 1 aliphatic rings. The molecule has 1 unspecified atom stereocenters. The zero-order chi connectivity index (χ0) is 15.7. The van der Waals surface area contributed by atoms with E-state index in [-0.39, 0.29) is 5.82 Å². The minimum atomic E-state index is -0.801. The van der Waals surface area contributed by atoms with E-state index in [1.165, 1.54) is 12.1 Å².